The average Bonchev–Trinajstić information content (AvgIpc) is 2.73. The number of guanidine groups is 1. The number of fused-ring (bicyclic) bond motifs is 1. The second kappa shape index (κ2) is 8.75. The number of hydrogen-bond donors (Lipinski definition) is 1. The van der Waals surface area contributed by atoms with Crippen LogP contribution < -0.4 is 10.1 Å². The number of ether oxygens (including phenoxy) is 2. The maximum atomic E-state index is 11.7. The predicted octanol–water partition coefficient (Wildman–Crippen LogP) is 2.81. The van der Waals surface area contributed by atoms with Gasteiger partial charge in [0, 0.05) is 26.7 Å². The van der Waals surface area contributed by atoms with E-state index in [0.29, 0.717) is 6.54 Å². The highest BCUT2D eigenvalue weighted by Crippen LogP contribution is 2.22. The Balaban J connectivity index is 1.60. The summed E-state index contributed by atoms with van der Waals surface area (Å²) in [6.45, 7) is 2.31. The summed E-state index contributed by atoms with van der Waals surface area (Å²) in [6, 6.07) is 12.5. The second-order valence-corrected chi connectivity index (χ2v) is 6.73. The van der Waals surface area contributed by atoms with Crippen molar-refractivity contribution in [1.29, 1.82) is 0 Å². The molecule has 0 spiro atoms. The largest absolute Gasteiger partial charge is 0.497 e. The van der Waals surface area contributed by atoms with Gasteiger partial charge in [-0.3, -0.25) is 9.79 Å². The van der Waals surface area contributed by atoms with E-state index in [2.05, 4.69) is 39.5 Å². The van der Waals surface area contributed by atoms with Crippen LogP contribution in [-0.2, 0) is 16.1 Å². The summed E-state index contributed by atoms with van der Waals surface area (Å²) in [6.07, 6.45) is 1.59. The van der Waals surface area contributed by atoms with Crippen molar-refractivity contribution in [2.24, 2.45) is 10.9 Å². The summed E-state index contributed by atoms with van der Waals surface area (Å²) >= 11 is 0. The molecule has 0 bridgehead atoms. The highest BCUT2D eigenvalue weighted by molar-refractivity contribution is 5.85. The molecule has 2 aromatic rings. The number of nitrogens with one attached hydrogen (secondary N) is 1. The molecule has 1 fully saturated rings. The highest BCUT2D eigenvalue weighted by Gasteiger charge is 2.26. The van der Waals surface area contributed by atoms with Gasteiger partial charge in [-0.15, -0.1) is 0 Å². The zero-order chi connectivity index (χ0) is 19.2. The zero-order valence-electron chi connectivity index (χ0n) is 16.2. The summed E-state index contributed by atoms with van der Waals surface area (Å²) in [5, 5.41) is 5.78. The summed E-state index contributed by atoms with van der Waals surface area (Å²) in [5.74, 6) is 1.63. The molecule has 1 aliphatic heterocycles. The van der Waals surface area contributed by atoms with Gasteiger partial charge in [0.1, 0.15) is 5.75 Å². The Morgan fingerprint density at radius 3 is 2.52 bits per heavy atom. The Bertz CT molecular complexity index is 827. The summed E-state index contributed by atoms with van der Waals surface area (Å²) in [5.41, 5.74) is 1.19. The molecule has 0 saturated carbocycles. The number of carbonyl (C=O) groups excluding carboxylic acids is 1. The fourth-order valence-corrected chi connectivity index (χ4v) is 3.52. The quantitative estimate of drug-likeness (QED) is 0.510. The van der Waals surface area contributed by atoms with Gasteiger partial charge in [0.25, 0.3) is 0 Å². The van der Waals surface area contributed by atoms with Gasteiger partial charge < -0.3 is 19.7 Å². The Labute approximate surface area is 160 Å². The zero-order valence-corrected chi connectivity index (χ0v) is 16.2. The van der Waals surface area contributed by atoms with E-state index in [1.165, 1.54) is 18.1 Å². The topological polar surface area (TPSA) is 63.2 Å². The van der Waals surface area contributed by atoms with Crippen molar-refractivity contribution in [1.82, 2.24) is 10.2 Å². The fourth-order valence-electron chi connectivity index (χ4n) is 3.52. The molecule has 3 rings (SSSR count). The molecule has 0 aliphatic carbocycles. The SMILES string of the molecule is CN=C(NCc1ccc2cc(OC)ccc2c1)N1CCC(C(=O)OC)CC1. The van der Waals surface area contributed by atoms with E-state index in [1.807, 2.05) is 12.1 Å². The minimum Gasteiger partial charge on any atom is -0.497 e. The molecule has 0 radical (unpaired) electrons. The van der Waals surface area contributed by atoms with Crippen LogP contribution >= 0.6 is 0 Å². The van der Waals surface area contributed by atoms with E-state index in [9.17, 15) is 4.79 Å². The van der Waals surface area contributed by atoms with Crippen LogP contribution in [0.15, 0.2) is 41.4 Å². The molecule has 2 aromatic carbocycles. The lowest BCUT2D eigenvalue weighted by Gasteiger charge is -2.33. The van der Waals surface area contributed by atoms with Crippen LogP contribution in [0, 0.1) is 5.92 Å². The number of aliphatic imine (C=N–C) groups is 1. The Hall–Kier alpha value is -2.76. The molecule has 0 amide bonds. The number of carbonyl (C=O) groups is 1. The molecule has 1 N–H and O–H groups in total. The van der Waals surface area contributed by atoms with Crippen molar-refractivity contribution in [2.45, 2.75) is 19.4 Å². The summed E-state index contributed by atoms with van der Waals surface area (Å²) in [4.78, 5) is 18.3. The van der Waals surface area contributed by atoms with Crippen molar-refractivity contribution < 1.29 is 14.3 Å². The number of benzene rings is 2. The number of rotatable bonds is 4. The van der Waals surface area contributed by atoms with E-state index >= 15 is 0 Å². The molecule has 0 aromatic heterocycles. The number of methoxy groups -OCH3 is 2. The van der Waals surface area contributed by atoms with Crippen molar-refractivity contribution in [3.63, 3.8) is 0 Å². The van der Waals surface area contributed by atoms with E-state index in [-0.39, 0.29) is 11.9 Å². The van der Waals surface area contributed by atoms with Crippen LogP contribution in [0.2, 0.25) is 0 Å². The molecule has 6 nitrogen and oxygen atoms in total. The lowest BCUT2D eigenvalue weighted by Crippen LogP contribution is -2.46. The third kappa shape index (κ3) is 4.51. The molecule has 0 atom stereocenters. The van der Waals surface area contributed by atoms with E-state index in [0.717, 1.165) is 43.0 Å². The maximum absolute atomic E-state index is 11.7. The van der Waals surface area contributed by atoms with Crippen molar-refractivity contribution in [3.8, 4) is 5.75 Å². The first-order valence-corrected chi connectivity index (χ1v) is 9.24. The maximum Gasteiger partial charge on any atom is 0.308 e. The van der Waals surface area contributed by atoms with E-state index in [4.69, 9.17) is 9.47 Å². The molecule has 144 valence electrons. The van der Waals surface area contributed by atoms with E-state index in [1.54, 1.807) is 14.2 Å². The molecule has 1 aliphatic rings. The monoisotopic (exact) mass is 369 g/mol. The van der Waals surface area contributed by atoms with Gasteiger partial charge in [-0.25, -0.2) is 0 Å². The fraction of sp³-hybridized carbons (Fsp3) is 0.429. The number of nitrogens with zero attached hydrogens (tertiary/aromatic N) is 2. The van der Waals surface area contributed by atoms with Gasteiger partial charge in [0.2, 0.25) is 0 Å². The summed E-state index contributed by atoms with van der Waals surface area (Å²) in [7, 11) is 4.93. The van der Waals surface area contributed by atoms with Crippen LogP contribution in [0.5, 0.6) is 5.75 Å². The molecule has 6 heteroatoms. The first-order valence-electron chi connectivity index (χ1n) is 9.24. The van der Waals surface area contributed by atoms with E-state index < -0.39 is 0 Å². The highest BCUT2D eigenvalue weighted by atomic mass is 16.5. The lowest BCUT2D eigenvalue weighted by atomic mass is 9.97. The van der Waals surface area contributed by atoms with Gasteiger partial charge >= 0.3 is 5.97 Å². The first kappa shape index (κ1) is 19.0. The van der Waals surface area contributed by atoms with Crippen molar-refractivity contribution in [2.75, 3.05) is 34.4 Å². The number of piperidine rings is 1. The van der Waals surface area contributed by atoms with Crippen molar-refractivity contribution >= 4 is 22.7 Å². The van der Waals surface area contributed by atoms with Crippen LogP contribution in [0.4, 0.5) is 0 Å². The van der Waals surface area contributed by atoms with Crippen molar-refractivity contribution in [3.05, 3.63) is 42.0 Å². The molecular weight excluding hydrogens is 342 g/mol. The Morgan fingerprint density at radius 2 is 1.85 bits per heavy atom. The standard InChI is InChI=1S/C21H27N3O3/c1-22-21(24-10-8-16(9-11-24)20(25)27-3)23-14-15-4-5-18-13-19(26-2)7-6-17(18)12-15/h4-7,12-13,16H,8-11,14H2,1-3H3,(H,22,23). The molecule has 0 unspecified atom stereocenters. The van der Waals surface area contributed by atoms with Gasteiger partial charge in [-0.05, 0) is 47.4 Å². The molecule has 1 heterocycles. The predicted molar refractivity (Wildman–Crippen MR) is 107 cm³/mol. The molecular formula is C21H27N3O3. The summed E-state index contributed by atoms with van der Waals surface area (Å²) < 4.78 is 10.1. The van der Waals surface area contributed by atoms with Gasteiger partial charge in [-0.2, -0.15) is 0 Å². The van der Waals surface area contributed by atoms with Crippen LogP contribution in [-0.4, -0.2) is 51.2 Å². The Morgan fingerprint density at radius 1 is 1.15 bits per heavy atom. The minimum atomic E-state index is -0.106. The smallest absolute Gasteiger partial charge is 0.308 e. The number of likely N-dealkylation sites (tertiary alicyclic amines) is 1. The van der Waals surface area contributed by atoms with Crippen LogP contribution in [0.3, 0.4) is 0 Å². The average molecular weight is 369 g/mol. The van der Waals surface area contributed by atoms with Crippen LogP contribution in [0.1, 0.15) is 18.4 Å². The molecule has 27 heavy (non-hydrogen) atoms. The number of esters is 1. The van der Waals surface area contributed by atoms with Crippen LogP contribution in [0.25, 0.3) is 10.8 Å². The number of hydrogen-bond acceptors (Lipinski definition) is 4. The third-order valence-corrected chi connectivity index (χ3v) is 5.10. The second-order valence-electron chi connectivity index (χ2n) is 6.73. The Kier molecular flexibility index (Phi) is 6.16. The van der Waals surface area contributed by atoms with Gasteiger partial charge in [0.05, 0.1) is 20.1 Å². The van der Waals surface area contributed by atoms with Gasteiger partial charge in [0.15, 0.2) is 5.96 Å². The third-order valence-electron chi connectivity index (χ3n) is 5.10. The first-order chi connectivity index (χ1) is 13.1. The lowest BCUT2D eigenvalue weighted by molar-refractivity contribution is -0.146. The molecule has 1 saturated heterocycles. The van der Waals surface area contributed by atoms with Gasteiger partial charge in [-0.1, -0.05) is 18.2 Å². The normalized spacial score (nSPS) is 15.7. The minimum absolute atomic E-state index is 0.00170.